The highest BCUT2D eigenvalue weighted by atomic mass is 32.2. The third-order valence-electron chi connectivity index (χ3n) is 4.98. The van der Waals surface area contributed by atoms with Gasteiger partial charge in [-0.15, -0.1) is 0 Å². The molecule has 0 saturated carbocycles. The smallest absolute Gasteiger partial charge is 0.268 e. The minimum atomic E-state index is -3.96. The van der Waals surface area contributed by atoms with E-state index >= 15 is 0 Å². The van der Waals surface area contributed by atoms with Crippen molar-refractivity contribution < 1.29 is 13.2 Å². The molecule has 0 aliphatic carbocycles. The van der Waals surface area contributed by atoms with Crippen LogP contribution in [0.15, 0.2) is 29.2 Å². The Morgan fingerprint density at radius 3 is 2.31 bits per heavy atom. The number of aromatic nitrogens is 2. The fourth-order valence-electron chi connectivity index (χ4n) is 3.17. The molecule has 0 spiro atoms. The average molecular weight is 421 g/mol. The number of anilines is 1. The van der Waals surface area contributed by atoms with Crippen LogP contribution >= 0.6 is 0 Å². The normalized spacial score (nSPS) is 11.7. The first kappa shape index (κ1) is 22.9. The molecule has 0 atom stereocenters. The molecule has 2 rings (SSSR count). The van der Waals surface area contributed by atoms with Crippen molar-refractivity contribution in [3.8, 4) is 0 Å². The largest absolute Gasteiger partial charge is 0.355 e. The van der Waals surface area contributed by atoms with Gasteiger partial charge in [-0.05, 0) is 43.9 Å². The van der Waals surface area contributed by atoms with Crippen LogP contribution in [0.4, 0.5) is 5.69 Å². The van der Waals surface area contributed by atoms with Gasteiger partial charge >= 0.3 is 0 Å². The fraction of sp³-hybridized carbons (Fsp3) is 0.524. The Balaban J connectivity index is 2.47. The standard InChI is InChI=1S/C21H32N4O3S/c1-7-8-13-22-20(26)14-25(19-11-9-18(10-12-19)15(2)3)29(27,28)21-16(4)23-24(6)17(21)5/h9-12,15H,7-8,13-14H2,1-6H3,(H,22,26). The van der Waals surface area contributed by atoms with Crippen LogP contribution in [0, 0.1) is 13.8 Å². The van der Waals surface area contributed by atoms with E-state index in [-0.39, 0.29) is 17.3 Å². The van der Waals surface area contributed by atoms with Gasteiger partial charge in [-0.3, -0.25) is 13.8 Å². The molecule has 1 amide bonds. The Hall–Kier alpha value is -2.35. The van der Waals surface area contributed by atoms with Gasteiger partial charge in [0, 0.05) is 13.6 Å². The highest BCUT2D eigenvalue weighted by Crippen LogP contribution is 2.28. The van der Waals surface area contributed by atoms with Gasteiger partial charge in [0.05, 0.1) is 17.1 Å². The summed E-state index contributed by atoms with van der Waals surface area (Å²) in [6.07, 6.45) is 1.80. The number of sulfonamides is 1. The Kier molecular flexibility index (Phi) is 7.46. The minimum absolute atomic E-state index is 0.147. The number of carbonyl (C=O) groups is 1. The molecular formula is C21H32N4O3S. The molecule has 7 nitrogen and oxygen atoms in total. The minimum Gasteiger partial charge on any atom is -0.355 e. The summed E-state index contributed by atoms with van der Waals surface area (Å²) in [4.78, 5) is 12.6. The Morgan fingerprint density at radius 1 is 1.21 bits per heavy atom. The van der Waals surface area contributed by atoms with Gasteiger partial charge < -0.3 is 5.32 Å². The van der Waals surface area contributed by atoms with E-state index in [0.29, 0.717) is 29.5 Å². The number of nitrogens with one attached hydrogen (secondary N) is 1. The average Bonchev–Trinajstić information content (AvgIpc) is 2.92. The van der Waals surface area contributed by atoms with E-state index in [2.05, 4.69) is 24.3 Å². The maximum atomic E-state index is 13.6. The predicted octanol–water partition coefficient (Wildman–Crippen LogP) is 3.27. The molecule has 29 heavy (non-hydrogen) atoms. The summed E-state index contributed by atoms with van der Waals surface area (Å²) in [5.41, 5.74) is 2.52. The Morgan fingerprint density at radius 2 is 1.83 bits per heavy atom. The molecule has 1 aromatic heterocycles. The van der Waals surface area contributed by atoms with Crippen LogP contribution in [0.5, 0.6) is 0 Å². The number of hydrogen-bond donors (Lipinski definition) is 1. The predicted molar refractivity (Wildman–Crippen MR) is 116 cm³/mol. The van der Waals surface area contributed by atoms with E-state index < -0.39 is 10.0 Å². The van der Waals surface area contributed by atoms with Crippen molar-refractivity contribution in [3.63, 3.8) is 0 Å². The first-order chi connectivity index (χ1) is 13.6. The maximum absolute atomic E-state index is 13.6. The van der Waals surface area contributed by atoms with Crippen LogP contribution < -0.4 is 9.62 Å². The van der Waals surface area contributed by atoms with E-state index in [1.54, 1.807) is 37.7 Å². The lowest BCUT2D eigenvalue weighted by Gasteiger charge is -2.24. The summed E-state index contributed by atoms with van der Waals surface area (Å²) in [5, 5.41) is 7.05. The number of benzene rings is 1. The van der Waals surface area contributed by atoms with Gasteiger partial charge in [0.15, 0.2) is 0 Å². The zero-order valence-corrected chi connectivity index (χ0v) is 19.0. The van der Waals surface area contributed by atoms with Gasteiger partial charge in [0.1, 0.15) is 11.4 Å². The number of carbonyl (C=O) groups excluding carboxylic acids is 1. The molecule has 0 aliphatic rings. The molecule has 0 radical (unpaired) electrons. The zero-order chi connectivity index (χ0) is 21.8. The second kappa shape index (κ2) is 9.43. The fourth-order valence-corrected chi connectivity index (χ4v) is 5.00. The summed E-state index contributed by atoms with van der Waals surface area (Å²) in [5.74, 6) is 0.00317. The van der Waals surface area contributed by atoms with E-state index in [1.165, 1.54) is 4.31 Å². The number of nitrogens with zero attached hydrogens (tertiary/aromatic N) is 3. The maximum Gasteiger partial charge on any atom is 0.268 e. The number of amides is 1. The molecule has 160 valence electrons. The van der Waals surface area contributed by atoms with Gasteiger partial charge in [-0.25, -0.2) is 8.42 Å². The molecule has 0 bridgehead atoms. The molecule has 0 aliphatic heterocycles. The quantitative estimate of drug-likeness (QED) is 0.631. The van der Waals surface area contributed by atoms with Crippen LogP contribution in [-0.2, 0) is 21.9 Å². The van der Waals surface area contributed by atoms with Crippen LogP contribution in [0.2, 0.25) is 0 Å². The number of hydrogen-bond acceptors (Lipinski definition) is 4. The van der Waals surface area contributed by atoms with E-state index in [9.17, 15) is 13.2 Å². The third-order valence-corrected chi connectivity index (χ3v) is 7.01. The Bertz CT molecular complexity index is 947. The lowest BCUT2D eigenvalue weighted by molar-refractivity contribution is -0.119. The van der Waals surface area contributed by atoms with Crippen molar-refractivity contribution in [2.24, 2.45) is 7.05 Å². The third kappa shape index (κ3) is 5.18. The van der Waals surface area contributed by atoms with E-state index in [1.807, 2.05) is 19.1 Å². The van der Waals surface area contributed by atoms with Crippen molar-refractivity contribution in [2.45, 2.75) is 58.3 Å². The molecule has 1 N–H and O–H groups in total. The first-order valence-corrected chi connectivity index (χ1v) is 11.4. The zero-order valence-electron chi connectivity index (χ0n) is 18.2. The summed E-state index contributed by atoms with van der Waals surface area (Å²) in [7, 11) is -2.26. The molecule has 1 aromatic carbocycles. The van der Waals surface area contributed by atoms with E-state index in [4.69, 9.17) is 0 Å². The summed E-state index contributed by atoms with van der Waals surface area (Å²) >= 11 is 0. The lowest BCUT2D eigenvalue weighted by Crippen LogP contribution is -2.41. The van der Waals surface area contributed by atoms with Crippen molar-refractivity contribution in [2.75, 3.05) is 17.4 Å². The summed E-state index contributed by atoms with van der Waals surface area (Å²) in [6.45, 7) is 9.82. The summed E-state index contributed by atoms with van der Waals surface area (Å²) < 4.78 is 29.9. The first-order valence-electron chi connectivity index (χ1n) is 9.99. The number of aryl methyl sites for hydroxylation is 2. The molecule has 8 heteroatoms. The van der Waals surface area contributed by atoms with Gasteiger partial charge in [0.2, 0.25) is 5.91 Å². The van der Waals surface area contributed by atoms with Crippen molar-refractivity contribution in [1.29, 1.82) is 0 Å². The van der Waals surface area contributed by atoms with Crippen LogP contribution in [0.25, 0.3) is 0 Å². The SMILES string of the molecule is CCCCNC(=O)CN(c1ccc(C(C)C)cc1)S(=O)(=O)c1c(C)nn(C)c1C. The monoisotopic (exact) mass is 420 g/mol. The van der Waals surface area contributed by atoms with Crippen LogP contribution in [-0.4, -0.2) is 37.2 Å². The lowest BCUT2D eigenvalue weighted by atomic mass is 10.0. The molecule has 2 aromatic rings. The summed E-state index contributed by atoms with van der Waals surface area (Å²) in [6, 6.07) is 7.32. The topological polar surface area (TPSA) is 84.3 Å². The number of unbranched alkanes of at least 4 members (excludes halogenated alkanes) is 1. The molecule has 0 saturated heterocycles. The van der Waals surface area contributed by atoms with Gasteiger partial charge in [-0.2, -0.15) is 5.10 Å². The van der Waals surface area contributed by atoms with Crippen molar-refractivity contribution >= 4 is 21.6 Å². The highest BCUT2D eigenvalue weighted by Gasteiger charge is 2.32. The molecular weight excluding hydrogens is 388 g/mol. The van der Waals surface area contributed by atoms with Crippen LogP contribution in [0.1, 0.15) is 56.5 Å². The van der Waals surface area contributed by atoms with Crippen molar-refractivity contribution in [3.05, 3.63) is 41.2 Å². The Labute approximate surface area is 174 Å². The number of rotatable bonds is 9. The van der Waals surface area contributed by atoms with Crippen LogP contribution in [0.3, 0.4) is 0 Å². The molecule has 0 unspecified atom stereocenters. The second-order valence-corrected chi connectivity index (χ2v) is 9.38. The van der Waals surface area contributed by atoms with Gasteiger partial charge in [0.25, 0.3) is 10.0 Å². The molecule has 1 heterocycles. The second-order valence-electron chi connectivity index (χ2n) is 7.58. The van der Waals surface area contributed by atoms with E-state index in [0.717, 1.165) is 18.4 Å². The highest BCUT2D eigenvalue weighted by molar-refractivity contribution is 7.93. The van der Waals surface area contributed by atoms with Crippen molar-refractivity contribution in [1.82, 2.24) is 15.1 Å². The van der Waals surface area contributed by atoms with Gasteiger partial charge in [-0.1, -0.05) is 39.3 Å². The molecule has 0 fully saturated rings.